The van der Waals surface area contributed by atoms with Crippen molar-refractivity contribution in [3.63, 3.8) is 0 Å². The van der Waals surface area contributed by atoms with Crippen LogP contribution in [0.3, 0.4) is 0 Å². The van der Waals surface area contributed by atoms with Gasteiger partial charge in [0.2, 0.25) is 0 Å². The minimum absolute atomic E-state index is 0.0659. The normalized spacial score (nSPS) is 12.1. The molecule has 1 unspecified atom stereocenters. The Labute approximate surface area is 398 Å². The lowest BCUT2D eigenvalue weighted by Crippen LogP contribution is -2.30. The minimum atomic E-state index is -0.760. The van der Waals surface area contributed by atoms with Crippen molar-refractivity contribution in [1.29, 1.82) is 0 Å². The van der Waals surface area contributed by atoms with Crippen molar-refractivity contribution in [2.24, 2.45) is 0 Å². The highest BCUT2D eigenvalue weighted by Gasteiger charge is 2.19. The smallest absolute Gasteiger partial charge is 0.306 e. The zero-order valence-electron chi connectivity index (χ0n) is 43.1. The van der Waals surface area contributed by atoms with Gasteiger partial charge in [0, 0.05) is 19.3 Å². The summed E-state index contributed by atoms with van der Waals surface area (Å²) in [5.74, 6) is -0.864. The number of carbonyl (C=O) groups is 3. The number of ether oxygens (including phenoxy) is 3. The third-order valence-corrected chi connectivity index (χ3v) is 12.7. The number of rotatable bonds is 52. The zero-order chi connectivity index (χ0) is 46.5. The van der Waals surface area contributed by atoms with Crippen LogP contribution in [0.25, 0.3) is 0 Å². The summed E-state index contributed by atoms with van der Waals surface area (Å²) in [6, 6.07) is 0. The van der Waals surface area contributed by atoms with E-state index in [2.05, 4.69) is 45.1 Å². The van der Waals surface area contributed by atoms with E-state index < -0.39 is 6.10 Å². The number of hydrogen-bond acceptors (Lipinski definition) is 6. The quantitative estimate of drug-likeness (QED) is 0.0262. The maximum atomic E-state index is 12.6. The molecule has 0 spiro atoms. The van der Waals surface area contributed by atoms with Gasteiger partial charge in [0.1, 0.15) is 13.2 Å². The van der Waals surface area contributed by atoms with E-state index in [9.17, 15) is 14.4 Å². The summed E-state index contributed by atoms with van der Waals surface area (Å²) < 4.78 is 16.7. The highest BCUT2D eigenvalue weighted by molar-refractivity contribution is 5.71. The van der Waals surface area contributed by atoms with E-state index in [1.54, 1.807) is 0 Å². The van der Waals surface area contributed by atoms with Gasteiger partial charge in [-0.2, -0.15) is 0 Å². The van der Waals surface area contributed by atoms with Crippen LogP contribution in [0.5, 0.6) is 0 Å². The largest absolute Gasteiger partial charge is 0.462 e. The summed E-state index contributed by atoms with van der Waals surface area (Å²) in [6.45, 7) is 6.58. The molecular formula is C58H108O6. The van der Waals surface area contributed by atoms with E-state index >= 15 is 0 Å². The minimum Gasteiger partial charge on any atom is -0.462 e. The van der Waals surface area contributed by atoms with Crippen molar-refractivity contribution in [2.75, 3.05) is 13.2 Å². The van der Waals surface area contributed by atoms with Crippen molar-refractivity contribution < 1.29 is 28.6 Å². The van der Waals surface area contributed by atoms with Crippen LogP contribution < -0.4 is 0 Å². The van der Waals surface area contributed by atoms with E-state index in [0.717, 1.165) is 64.2 Å². The van der Waals surface area contributed by atoms with Gasteiger partial charge in [-0.25, -0.2) is 0 Å². The van der Waals surface area contributed by atoms with Crippen LogP contribution in [0.15, 0.2) is 24.3 Å². The summed E-state index contributed by atoms with van der Waals surface area (Å²) in [5, 5.41) is 0. The molecule has 0 radical (unpaired) electrons. The van der Waals surface area contributed by atoms with E-state index in [0.29, 0.717) is 19.3 Å². The molecule has 0 aliphatic heterocycles. The SMILES string of the molecule is CCCCCCC/C=C\C/C=C\CCCCCCCCCCCCCCCCCCCCCC(=O)OCC(COC(=O)CCCCCCCCC)OC(=O)CCCCCCCCCC. The van der Waals surface area contributed by atoms with Gasteiger partial charge >= 0.3 is 17.9 Å². The van der Waals surface area contributed by atoms with Gasteiger partial charge in [-0.3, -0.25) is 14.4 Å². The average Bonchev–Trinajstić information content (AvgIpc) is 3.29. The molecule has 0 fully saturated rings. The molecular weight excluding hydrogens is 793 g/mol. The van der Waals surface area contributed by atoms with Gasteiger partial charge < -0.3 is 14.2 Å². The van der Waals surface area contributed by atoms with Crippen LogP contribution in [-0.4, -0.2) is 37.2 Å². The van der Waals surface area contributed by atoms with Crippen molar-refractivity contribution in [1.82, 2.24) is 0 Å². The fraction of sp³-hybridized carbons (Fsp3) is 0.879. The lowest BCUT2D eigenvalue weighted by atomic mass is 10.0. The van der Waals surface area contributed by atoms with Crippen LogP contribution in [-0.2, 0) is 28.6 Å². The molecule has 6 nitrogen and oxygen atoms in total. The Morgan fingerprint density at radius 1 is 0.312 bits per heavy atom. The van der Waals surface area contributed by atoms with Gasteiger partial charge in [-0.05, 0) is 51.4 Å². The van der Waals surface area contributed by atoms with Gasteiger partial charge in [0.05, 0.1) is 0 Å². The summed E-state index contributed by atoms with van der Waals surface area (Å²) in [6.07, 6.45) is 62.3. The standard InChI is InChI=1S/C58H108O6/c1-4-7-10-13-16-18-19-20-21-22-23-24-25-26-27-28-29-30-31-32-33-34-35-36-37-38-39-40-43-45-48-51-57(60)63-54-55(53-62-56(59)50-47-44-41-15-12-9-6-3)64-58(61)52-49-46-42-17-14-11-8-5-2/h19-20,22-23,55H,4-18,21,24-54H2,1-3H3/b20-19-,23-22-. The second kappa shape index (κ2) is 53.5. The first-order valence-electron chi connectivity index (χ1n) is 28.3. The number of unbranched alkanes of at least 4 members (excludes halogenated alkanes) is 37. The molecule has 0 N–H and O–H groups in total. The van der Waals surface area contributed by atoms with Crippen LogP contribution in [0.4, 0.5) is 0 Å². The number of carbonyl (C=O) groups excluding carboxylic acids is 3. The number of esters is 3. The molecule has 0 saturated carbocycles. The van der Waals surface area contributed by atoms with Gasteiger partial charge in [0.25, 0.3) is 0 Å². The third-order valence-electron chi connectivity index (χ3n) is 12.7. The highest BCUT2D eigenvalue weighted by atomic mass is 16.6. The van der Waals surface area contributed by atoms with Gasteiger partial charge in [0.15, 0.2) is 6.10 Å². The van der Waals surface area contributed by atoms with Crippen molar-refractivity contribution >= 4 is 17.9 Å². The van der Waals surface area contributed by atoms with Gasteiger partial charge in [-0.15, -0.1) is 0 Å². The Balaban J connectivity index is 3.86. The predicted octanol–water partition coefficient (Wildman–Crippen LogP) is 18.7. The predicted molar refractivity (Wildman–Crippen MR) is 275 cm³/mol. The Hall–Kier alpha value is -2.11. The highest BCUT2D eigenvalue weighted by Crippen LogP contribution is 2.17. The molecule has 0 bridgehead atoms. The number of hydrogen-bond donors (Lipinski definition) is 0. The molecule has 0 aromatic rings. The van der Waals surface area contributed by atoms with E-state index in [4.69, 9.17) is 14.2 Å². The maximum Gasteiger partial charge on any atom is 0.306 e. The van der Waals surface area contributed by atoms with E-state index in [-0.39, 0.29) is 31.1 Å². The Bertz CT molecular complexity index is 1040. The monoisotopic (exact) mass is 901 g/mol. The average molecular weight is 901 g/mol. The molecule has 0 aliphatic rings. The second-order valence-corrected chi connectivity index (χ2v) is 19.2. The fourth-order valence-corrected chi connectivity index (χ4v) is 8.42. The first-order chi connectivity index (χ1) is 31.5. The second-order valence-electron chi connectivity index (χ2n) is 19.2. The molecule has 0 rings (SSSR count). The lowest BCUT2D eigenvalue weighted by molar-refractivity contribution is -0.167. The Morgan fingerprint density at radius 2 is 0.562 bits per heavy atom. The molecule has 0 aliphatic carbocycles. The van der Waals surface area contributed by atoms with Crippen molar-refractivity contribution in [3.05, 3.63) is 24.3 Å². The molecule has 0 aromatic carbocycles. The molecule has 0 aromatic heterocycles. The summed E-state index contributed by atoms with van der Waals surface area (Å²) in [5.41, 5.74) is 0. The lowest BCUT2D eigenvalue weighted by Gasteiger charge is -2.18. The zero-order valence-corrected chi connectivity index (χ0v) is 43.1. The first kappa shape index (κ1) is 61.9. The van der Waals surface area contributed by atoms with Crippen LogP contribution in [0.2, 0.25) is 0 Å². The first-order valence-corrected chi connectivity index (χ1v) is 28.3. The van der Waals surface area contributed by atoms with Crippen LogP contribution >= 0.6 is 0 Å². The number of allylic oxidation sites excluding steroid dienone is 4. The van der Waals surface area contributed by atoms with Crippen LogP contribution in [0.1, 0.15) is 310 Å². The Morgan fingerprint density at radius 3 is 0.859 bits per heavy atom. The van der Waals surface area contributed by atoms with Gasteiger partial charge in [-0.1, -0.05) is 263 Å². The van der Waals surface area contributed by atoms with Crippen molar-refractivity contribution in [2.45, 2.75) is 316 Å². The molecule has 6 heteroatoms. The van der Waals surface area contributed by atoms with E-state index in [1.807, 2.05) is 0 Å². The topological polar surface area (TPSA) is 78.9 Å². The molecule has 376 valence electrons. The van der Waals surface area contributed by atoms with Crippen LogP contribution in [0, 0.1) is 0 Å². The van der Waals surface area contributed by atoms with E-state index in [1.165, 1.54) is 205 Å². The molecule has 64 heavy (non-hydrogen) atoms. The van der Waals surface area contributed by atoms with Crippen molar-refractivity contribution in [3.8, 4) is 0 Å². The molecule has 1 atom stereocenters. The molecule has 0 heterocycles. The summed E-state index contributed by atoms with van der Waals surface area (Å²) >= 11 is 0. The Kier molecular flexibility index (Phi) is 51.7. The summed E-state index contributed by atoms with van der Waals surface area (Å²) in [7, 11) is 0. The molecule has 0 amide bonds. The third kappa shape index (κ3) is 50.9. The summed E-state index contributed by atoms with van der Waals surface area (Å²) in [4.78, 5) is 37.6. The maximum absolute atomic E-state index is 12.6. The molecule has 0 saturated heterocycles. The fourth-order valence-electron chi connectivity index (χ4n) is 8.42.